The number of carbonyl (C=O) groups is 1. The van der Waals surface area contributed by atoms with Gasteiger partial charge in [0.05, 0.1) is 6.26 Å². The Morgan fingerprint density at radius 3 is 2.61 bits per heavy atom. The van der Waals surface area contributed by atoms with Gasteiger partial charge in [-0.25, -0.2) is 9.18 Å². The van der Waals surface area contributed by atoms with Gasteiger partial charge in [0.15, 0.2) is 0 Å². The van der Waals surface area contributed by atoms with E-state index in [1.807, 2.05) is 0 Å². The second-order valence-corrected chi connectivity index (χ2v) is 4.98. The summed E-state index contributed by atoms with van der Waals surface area (Å²) in [5.41, 5.74) is -2.79. The monoisotopic (exact) mass is 318 g/mol. The molecule has 0 N–H and O–H groups in total. The summed E-state index contributed by atoms with van der Waals surface area (Å²) in [5, 5.41) is 14.5. The zero-order chi connectivity index (χ0) is 16.4. The molecule has 7 nitrogen and oxygen atoms in total. The van der Waals surface area contributed by atoms with E-state index in [0.717, 1.165) is 0 Å². The number of furan rings is 1. The fraction of sp³-hybridized carbons (Fsp3) is 0.200. The lowest BCUT2D eigenvalue weighted by atomic mass is 9.81. The lowest BCUT2D eigenvalue weighted by Gasteiger charge is -2.23. The van der Waals surface area contributed by atoms with Gasteiger partial charge >= 0.3 is 5.97 Å². The minimum atomic E-state index is -2.80. The van der Waals surface area contributed by atoms with Gasteiger partial charge in [-0.15, -0.1) is 0 Å². The highest BCUT2D eigenvalue weighted by molar-refractivity contribution is 6.21. The molecule has 118 valence electrons. The molecule has 0 aliphatic carbocycles. The molecule has 2 aromatic rings. The van der Waals surface area contributed by atoms with E-state index in [4.69, 9.17) is 4.42 Å². The second kappa shape index (κ2) is 5.64. The normalized spacial score (nSPS) is 21.6. The minimum Gasteiger partial charge on any atom is -0.469 e. The summed E-state index contributed by atoms with van der Waals surface area (Å²) in [6, 6.07) is 10.9. The highest BCUT2D eigenvalue weighted by Crippen LogP contribution is 2.40. The molecule has 0 fully saturated rings. The Morgan fingerprint density at radius 1 is 1.26 bits per heavy atom. The minimum absolute atomic E-state index is 0.0216. The molecule has 1 aromatic carbocycles. The van der Waals surface area contributed by atoms with Crippen LogP contribution in [-0.4, -0.2) is 28.8 Å². The number of oxime groups is 1. The van der Waals surface area contributed by atoms with Crippen molar-refractivity contribution in [3.05, 3.63) is 70.2 Å². The Hall–Kier alpha value is -3.03. The van der Waals surface area contributed by atoms with Gasteiger partial charge in [-0.1, -0.05) is 35.5 Å². The van der Waals surface area contributed by atoms with Crippen LogP contribution in [-0.2, 0) is 9.63 Å². The van der Waals surface area contributed by atoms with Crippen LogP contribution in [0.5, 0.6) is 0 Å². The lowest BCUT2D eigenvalue weighted by molar-refractivity contribution is -0.485. The zero-order valence-electron chi connectivity index (χ0n) is 11.7. The number of hydrogen-bond acceptors (Lipinski definition) is 6. The van der Waals surface area contributed by atoms with Crippen molar-refractivity contribution in [1.29, 1.82) is 0 Å². The van der Waals surface area contributed by atoms with Crippen molar-refractivity contribution in [2.75, 3.05) is 6.54 Å². The Labute approximate surface area is 129 Å². The van der Waals surface area contributed by atoms with Crippen molar-refractivity contribution < 1.29 is 23.4 Å². The molecule has 0 amide bonds. The largest absolute Gasteiger partial charge is 0.469 e. The van der Waals surface area contributed by atoms with Gasteiger partial charge in [0.25, 0.3) is 5.67 Å². The highest BCUT2D eigenvalue weighted by Gasteiger charge is 2.60. The van der Waals surface area contributed by atoms with Crippen LogP contribution in [0.4, 0.5) is 4.39 Å². The Bertz CT molecular complexity index is 759. The van der Waals surface area contributed by atoms with Crippen LogP contribution in [0, 0.1) is 10.1 Å². The van der Waals surface area contributed by atoms with Gasteiger partial charge in [0.1, 0.15) is 17.4 Å². The second-order valence-electron chi connectivity index (χ2n) is 4.98. The van der Waals surface area contributed by atoms with Gasteiger partial charge in [0, 0.05) is 10.5 Å². The molecule has 2 heterocycles. The fourth-order valence-corrected chi connectivity index (χ4v) is 2.53. The molecule has 3 rings (SSSR count). The van der Waals surface area contributed by atoms with Crippen molar-refractivity contribution in [1.82, 2.24) is 0 Å². The molecule has 8 heteroatoms. The first-order valence-corrected chi connectivity index (χ1v) is 6.73. The standard InChI is InChI=1S/C15H11FN2O5/c16-15(11(9-18(20)21)12-7-4-8-22-12)13(17-23-14(15)19)10-5-2-1-3-6-10/h1-8,11H,9H2/t11-,15+/m1/s1. The van der Waals surface area contributed by atoms with Crippen LogP contribution in [0.2, 0.25) is 0 Å². The van der Waals surface area contributed by atoms with E-state index < -0.39 is 29.0 Å². The third kappa shape index (κ3) is 2.48. The molecular weight excluding hydrogens is 307 g/mol. The number of halogens is 1. The Morgan fingerprint density at radius 2 is 2.00 bits per heavy atom. The van der Waals surface area contributed by atoms with Crippen molar-refractivity contribution in [3.8, 4) is 0 Å². The molecule has 1 aliphatic rings. The maximum atomic E-state index is 15.7. The van der Waals surface area contributed by atoms with E-state index in [1.165, 1.54) is 18.4 Å². The first-order valence-electron chi connectivity index (χ1n) is 6.73. The molecular formula is C15H11FN2O5. The van der Waals surface area contributed by atoms with E-state index in [-0.39, 0.29) is 11.5 Å². The SMILES string of the molecule is O=C1ON=C(c2ccccc2)[C@@]1(F)[C@H](C[N+](=O)[O-])c1ccco1. The zero-order valence-corrected chi connectivity index (χ0v) is 11.7. The number of rotatable bonds is 5. The predicted octanol–water partition coefficient (Wildman–Crippen LogP) is 2.31. The number of alkyl halides is 1. The van der Waals surface area contributed by atoms with Crippen LogP contribution in [0.3, 0.4) is 0 Å². The van der Waals surface area contributed by atoms with Gasteiger partial charge in [-0.3, -0.25) is 10.1 Å². The number of hydrogen-bond donors (Lipinski definition) is 0. The molecule has 0 radical (unpaired) electrons. The third-order valence-corrected chi connectivity index (χ3v) is 3.61. The first-order chi connectivity index (χ1) is 11.0. The van der Waals surface area contributed by atoms with Crippen molar-refractivity contribution in [2.24, 2.45) is 5.16 Å². The van der Waals surface area contributed by atoms with E-state index in [2.05, 4.69) is 9.99 Å². The smallest absolute Gasteiger partial charge is 0.379 e. The van der Waals surface area contributed by atoms with E-state index in [9.17, 15) is 14.9 Å². The topological polar surface area (TPSA) is 94.9 Å². The average molecular weight is 318 g/mol. The predicted molar refractivity (Wildman–Crippen MR) is 76.2 cm³/mol. The molecule has 23 heavy (non-hydrogen) atoms. The van der Waals surface area contributed by atoms with Crippen LogP contribution in [0.25, 0.3) is 0 Å². The maximum Gasteiger partial charge on any atom is 0.379 e. The quantitative estimate of drug-likeness (QED) is 0.479. The molecule has 0 saturated carbocycles. The van der Waals surface area contributed by atoms with Crippen LogP contribution in [0.15, 0.2) is 58.3 Å². The molecule has 0 bridgehead atoms. The highest BCUT2D eigenvalue weighted by atomic mass is 19.1. The molecule has 0 saturated heterocycles. The number of carbonyl (C=O) groups excluding carboxylic acids is 1. The summed E-state index contributed by atoms with van der Waals surface area (Å²) in [5.74, 6) is -2.80. The fourth-order valence-electron chi connectivity index (χ4n) is 2.53. The summed E-state index contributed by atoms with van der Waals surface area (Å²) in [6.07, 6.45) is 1.26. The summed E-state index contributed by atoms with van der Waals surface area (Å²) in [6.45, 7) is -0.842. The average Bonchev–Trinajstić information content (AvgIpc) is 3.16. The molecule has 2 atom stereocenters. The molecule has 0 unspecified atom stereocenters. The Kier molecular flexibility index (Phi) is 3.65. The van der Waals surface area contributed by atoms with Crippen LogP contribution < -0.4 is 0 Å². The van der Waals surface area contributed by atoms with Gasteiger partial charge in [0.2, 0.25) is 6.54 Å². The number of nitro groups is 1. The van der Waals surface area contributed by atoms with Crippen molar-refractivity contribution in [2.45, 2.75) is 11.6 Å². The van der Waals surface area contributed by atoms with Gasteiger partial charge in [-0.2, -0.15) is 0 Å². The van der Waals surface area contributed by atoms with Crippen LogP contribution in [0.1, 0.15) is 17.2 Å². The maximum absolute atomic E-state index is 15.7. The van der Waals surface area contributed by atoms with E-state index in [0.29, 0.717) is 5.56 Å². The van der Waals surface area contributed by atoms with Gasteiger partial charge in [-0.05, 0) is 12.1 Å². The summed E-state index contributed by atoms with van der Waals surface area (Å²) >= 11 is 0. The first kappa shape index (κ1) is 14.9. The summed E-state index contributed by atoms with van der Waals surface area (Å²) in [4.78, 5) is 26.8. The van der Waals surface area contributed by atoms with Crippen molar-refractivity contribution >= 4 is 11.7 Å². The van der Waals surface area contributed by atoms with Crippen molar-refractivity contribution in [3.63, 3.8) is 0 Å². The molecule has 0 spiro atoms. The van der Waals surface area contributed by atoms with Crippen LogP contribution >= 0.6 is 0 Å². The molecule has 1 aliphatic heterocycles. The van der Waals surface area contributed by atoms with E-state index in [1.54, 1.807) is 30.3 Å². The number of nitrogens with zero attached hydrogens (tertiary/aromatic N) is 2. The summed E-state index contributed by atoms with van der Waals surface area (Å²) in [7, 11) is 0. The van der Waals surface area contributed by atoms with E-state index >= 15 is 4.39 Å². The third-order valence-electron chi connectivity index (χ3n) is 3.61. The molecule has 1 aromatic heterocycles. The lowest BCUT2D eigenvalue weighted by Crippen LogP contribution is -2.47. The van der Waals surface area contributed by atoms with Gasteiger partial charge < -0.3 is 9.25 Å². The Balaban J connectivity index is 2.10. The number of benzene rings is 1. The summed E-state index contributed by atoms with van der Waals surface area (Å²) < 4.78 is 20.8.